The molecule has 1 aromatic rings. The molecule has 3 nitrogen and oxygen atoms in total. The topological polar surface area (TPSA) is 42.1 Å². The lowest BCUT2D eigenvalue weighted by Gasteiger charge is -2.24. The molecule has 15 heavy (non-hydrogen) atoms. The number of anilines is 1. The minimum absolute atomic E-state index is 0.202. The predicted molar refractivity (Wildman–Crippen MR) is 58.6 cm³/mol. The highest BCUT2D eigenvalue weighted by atomic mass is 35.5. The van der Waals surface area contributed by atoms with Gasteiger partial charge in [-0.05, 0) is 18.9 Å². The van der Waals surface area contributed by atoms with Gasteiger partial charge < -0.3 is 10.6 Å². The highest BCUT2D eigenvalue weighted by Crippen LogP contribution is 2.26. The Morgan fingerprint density at radius 2 is 2.47 bits per heavy atom. The second kappa shape index (κ2) is 4.33. The second-order valence-corrected chi connectivity index (χ2v) is 4.12. The fourth-order valence-corrected chi connectivity index (χ4v) is 2.12. The smallest absolute Gasteiger partial charge is 0.167 e. The first-order valence-electron chi connectivity index (χ1n) is 5.00. The summed E-state index contributed by atoms with van der Waals surface area (Å²) in [6.45, 7) is 1.34. The number of halogens is 2. The Morgan fingerprint density at radius 1 is 1.67 bits per heavy atom. The lowest BCUT2D eigenvalue weighted by atomic mass is 10.2. The average molecular weight is 230 g/mol. The lowest BCUT2D eigenvalue weighted by molar-refractivity contribution is 0.597. The molecule has 0 radical (unpaired) electrons. The summed E-state index contributed by atoms with van der Waals surface area (Å²) in [7, 11) is 0. The van der Waals surface area contributed by atoms with Crippen molar-refractivity contribution in [3.8, 4) is 0 Å². The first-order valence-corrected chi connectivity index (χ1v) is 5.38. The molecule has 1 aliphatic rings. The van der Waals surface area contributed by atoms with Crippen LogP contribution in [0.25, 0.3) is 0 Å². The van der Waals surface area contributed by atoms with Gasteiger partial charge in [-0.2, -0.15) is 0 Å². The van der Waals surface area contributed by atoms with Gasteiger partial charge in [0.25, 0.3) is 0 Å². The van der Waals surface area contributed by atoms with Crippen LogP contribution in [0.4, 0.5) is 10.2 Å². The molecule has 2 heterocycles. The van der Waals surface area contributed by atoms with Crippen LogP contribution in [0.3, 0.4) is 0 Å². The van der Waals surface area contributed by atoms with Gasteiger partial charge in [-0.25, -0.2) is 9.37 Å². The predicted octanol–water partition coefficient (Wildman–Crippen LogP) is 1.80. The fraction of sp³-hybridized carbons (Fsp3) is 0.500. The molecule has 2 rings (SSSR count). The van der Waals surface area contributed by atoms with E-state index in [-0.39, 0.29) is 11.9 Å². The zero-order valence-electron chi connectivity index (χ0n) is 8.29. The molecule has 0 spiro atoms. The average Bonchev–Trinajstić information content (AvgIpc) is 2.65. The van der Waals surface area contributed by atoms with Crippen LogP contribution in [-0.4, -0.2) is 24.1 Å². The maximum atomic E-state index is 13.6. The van der Waals surface area contributed by atoms with Gasteiger partial charge in [0.05, 0.1) is 5.02 Å². The lowest BCUT2D eigenvalue weighted by Crippen LogP contribution is -2.36. The molecule has 5 heteroatoms. The van der Waals surface area contributed by atoms with Gasteiger partial charge in [0.15, 0.2) is 11.6 Å². The third kappa shape index (κ3) is 2.06. The van der Waals surface area contributed by atoms with E-state index in [1.54, 1.807) is 0 Å². The van der Waals surface area contributed by atoms with Gasteiger partial charge >= 0.3 is 0 Å². The molecule has 82 valence electrons. The number of hydrogen-bond acceptors (Lipinski definition) is 3. The standard InChI is InChI=1S/C10H13ClFN3/c11-7-4-9(12)10(14-6-7)15-3-1-2-8(15)5-13/h4,6,8H,1-3,5,13H2. The maximum Gasteiger partial charge on any atom is 0.167 e. The molecule has 1 atom stereocenters. The molecule has 1 aliphatic heterocycles. The van der Waals surface area contributed by atoms with E-state index >= 15 is 0 Å². The molecular formula is C10H13ClFN3. The Balaban J connectivity index is 2.28. The summed E-state index contributed by atoms with van der Waals surface area (Å²) in [6, 6.07) is 1.49. The summed E-state index contributed by atoms with van der Waals surface area (Å²) in [6.07, 6.45) is 3.50. The van der Waals surface area contributed by atoms with Crippen molar-refractivity contribution in [2.24, 2.45) is 5.73 Å². The van der Waals surface area contributed by atoms with Gasteiger partial charge in [0.1, 0.15) is 0 Å². The van der Waals surface area contributed by atoms with Gasteiger partial charge in [-0.15, -0.1) is 0 Å². The Morgan fingerprint density at radius 3 is 3.13 bits per heavy atom. The second-order valence-electron chi connectivity index (χ2n) is 3.68. The van der Waals surface area contributed by atoms with Crippen LogP contribution in [0.1, 0.15) is 12.8 Å². The monoisotopic (exact) mass is 229 g/mol. The van der Waals surface area contributed by atoms with E-state index in [4.69, 9.17) is 17.3 Å². The highest BCUT2D eigenvalue weighted by molar-refractivity contribution is 6.30. The summed E-state index contributed by atoms with van der Waals surface area (Å²) >= 11 is 5.65. The van der Waals surface area contributed by atoms with Crippen LogP contribution in [0, 0.1) is 5.82 Å². The minimum Gasteiger partial charge on any atom is -0.350 e. The molecule has 0 aromatic carbocycles. The van der Waals surface area contributed by atoms with Crippen LogP contribution in [0.5, 0.6) is 0 Å². The van der Waals surface area contributed by atoms with E-state index in [0.717, 1.165) is 19.4 Å². The summed E-state index contributed by atoms with van der Waals surface area (Å²) in [5, 5.41) is 0.319. The summed E-state index contributed by atoms with van der Waals surface area (Å²) < 4.78 is 13.6. The number of nitrogens with two attached hydrogens (primary N) is 1. The molecule has 1 unspecified atom stereocenters. The fourth-order valence-electron chi connectivity index (χ4n) is 1.98. The summed E-state index contributed by atoms with van der Waals surface area (Å²) in [5.74, 6) is -0.00444. The largest absolute Gasteiger partial charge is 0.350 e. The van der Waals surface area contributed by atoms with Crippen LogP contribution >= 0.6 is 11.6 Å². The quantitative estimate of drug-likeness (QED) is 0.841. The van der Waals surface area contributed by atoms with Crippen molar-refractivity contribution in [3.63, 3.8) is 0 Å². The van der Waals surface area contributed by atoms with Crippen LogP contribution < -0.4 is 10.6 Å². The molecule has 0 aliphatic carbocycles. The van der Waals surface area contributed by atoms with Gasteiger partial charge in [-0.1, -0.05) is 11.6 Å². The van der Waals surface area contributed by atoms with E-state index in [1.165, 1.54) is 12.3 Å². The summed E-state index contributed by atoms with van der Waals surface area (Å²) in [5.41, 5.74) is 5.62. The number of hydrogen-bond donors (Lipinski definition) is 1. The highest BCUT2D eigenvalue weighted by Gasteiger charge is 2.26. The third-order valence-corrected chi connectivity index (χ3v) is 2.92. The molecule has 1 saturated heterocycles. The first kappa shape index (κ1) is 10.6. The van der Waals surface area contributed by atoms with Crippen molar-refractivity contribution in [1.82, 2.24) is 4.98 Å². The van der Waals surface area contributed by atoms with Gasteiger partial charge in [0, 0.05) is 25.3 Å². The molecule has 0 amide bonds. The molecule has 1 fully saturated rings. The SMILES string of the molecule is NCC1CCCN1c1ncc(Cl)cc1F. The van der Waals surface area contributed by atoms with Crippen molar-refractivity contribution < 1.29 is 4.39 Å². The first-order chi connectivity index (χ1) is 7.22. The van der Waals surface area contributed by atoms with Crippen molar-refractivity contribution in [1.29, 1.82) is 0 Å². The maximum absolute atomic E-state index is 13.6. The minimum atomic E-state index is -0.372. The number of rotatable bonds is 2. The zero-order valence-corrected chi connectivity index (χ0v) is 9.04. The molecule has 0 bridgehead atoms. The normalized spacial score (nSPS) is 21.0. The van der Waals surface area contributed by atoms with E-state index in [9.17, 15) is 4.39 Å². The number of pyridine rings is 1. The van der Waals surface area contributed by atoms with Crippen molar-refractivity contribution in [2.45, 2.75) is 18.9 Å². The van der Waals surface area contributed by atoms with Crippen LogP contribution in [0.15, 0.2) is 12.3 Å². The Labute approximate surface area is 93.0 Å². The molecular weight excluding hydrogens is 217 g/mol. The van der Waals surface area contributed by atoms with Crippen LogP contribution in [0.2, 0.25) is 5.02 Å². The van der Waals surface area contributed by atoms with Crippen molar-refractivity contribution >= 4 is 17.4 Å². The Hall–Kier alpha value is -0.870. The van der Waals surface area contributed by atoms with Crippen molar-refractivity contribution in [2.75, 3.05) is 18.0 Å². The Kier molecular flexibility index (Phi) is 3.07. The van der Waals surface area contributed by atoms with E-state index < -0.39 is 0 Å². The van der Waals surface area contributed by atoms with Gasteiger partial charge in [0.2, 0.25) is 0 Å². The molecule has 0 saturated carbocycles. The molecule has 2 N–H and O–H groups in total. The van der Waals surface area contributed by atoms with E-state index in [1.807, 2.05) is 4.90 Å². The molecule has 1 aromatic heterocycles. The summed E-state index contributed by atoms with van der Waals surface area (Å²) in [4.78, 5) is 5.94. The Bertz CT molecular complexity index is 359. The third-order valence-electron chi connectivity index (χ3n) is 2.71. The number of nitrogens with zero attached hydrogens (tertiary/aromatic N) is 2. The van der Waals surface area contributed by atoms with Crippen molar-refractivity contribution in [3.05, 3.63) is 23.1 Å². The van der Waals surface area contributed by atoms with E-state index in [2.05, 4.69) is 4.98 Å². The van der Waals surface area contributed by atoms with Crippen LogP contribution in [-0.2, 0) is 0 Å². The number of aromatic nitrogens is 1. The van der Waals surface area contributed by atoms with E-state index in [0.29, 0.717) is 17.4 Å². The van der Waals surface area contributed by atoms with Gasteiger partial charge in [-0.3, -0.25) is 0 Å². The zero-order chi connectivity index (χ0) is 10.8.